The zero-order valence-electron chi connectivity index (χ0n) is 17.4. The summed E-state index contributed by atoms with van der Waals surface area (Å²) in [5.41, 5.74) is 1.04. The molecular weight excluding hydrogens is 372 g/mol. The molecule has 0 saturated carbocycles. The molecule has 8 nitrogen and oxygen atoms in total. The number of piperidine rings is 1. The van der Waals surface area contributed by atoms with Gasteiger partial charge < -0.3 is 19.4 Å². The summed E-state index contributed by atoms with van der Waals surface area (Å²) in [5.74, 6) is 1.35. The van der Waals surface area contributed by atoms with Crippen LogP contribution in [0.4, 0.5) is 0 Å². The Morgan fingerprint density at radius 1 is 1.34 bits per heavy atom. The van der Waals surface area contributed by atoms with E-state index in [4.69, 9.17) is 9.15 Å². The number of carbonyl (C=O) groups is 2. The summed E-state index contributed by atoms with van der Waals surface area (Å²) < 4.78 is 11.0. The third-order valence-corrected chi connectivity index (χ3v) is 5.03. The number of aromatic amines is 1. The van der Waals surface area contributed by atoms with Gasteiger partial charge in [-0.05, 0) is 52.2 Å². The molecule has 1 saturated heterocycles. The number of amides is 2. The Balaban J connectivity index is 1.44. The maximum absolute atomic E-state index is 12.7. The van der Waals surface area contributed by atoms with Crippen LogP contribution in [0.5, 0.6) is 0 Å². The SMILES string of the molecule is Cc1ccc(-c2cc(C(=O)N3CCC(C(=O)NCCCOC(C)C)CC3)n[nH]2)o1. The molecule has 0 radical (unpaired) electrons. The highest BCUT2D eigenvalue weighted by molar-refractivity contribution is 5.93. The number of ether oxygens (including phenoxy) is 1. The van der Waals surface area contributed by atoms with Gasteiger partial charge in [0.25, 0.3) is 5.91 Å². The first-order valence-electron chi connectivity index (χ1n) is 10.2. The molecule has 0 unspecified atom stereocenters. The van der Waals surface area contributed by atoms with Crippen LogP contribution >= 0.6 is 0 Å². The van der Waals surface area contributed by atoms with Gasteiger partial charge in [0, 0.05) is 38.2 Å². The van der Waals surface area contributed by atoms with Crippen molar-refractivity contribution in [2.45, 2.75) is 46.1 Å². The van der Waals surface area contributed by atoms with E-state index < -0.39 is 0 Å². The van der Waals surface area contributed by atoms with Crippen LogP contribution in [0.3, 0.4) is 0 Å². The van der Waals surface area contributed by atoms with Gasteiger partial charge in [0.1, 0.15) is 11.5 Å². The van der Waals surface area contributed by atoms with Crippen LogP contribution in [-0.4, -0.2) is 59.3 Å². The topological polar surface area (TPSA) is 100 Å². The normalized spacial score (nSPS) is 15.1. The predicted molar refractivity (Wildman–Crippen MR) is 108 cm³/mol. The first kappa shape index (κ1) is 21.1. The van der Waals surface area contributed by atoms with E-state index >= 15 is 0 Å². The lowest BCUT2D eigenvalue weighted by molar-refractivity contribution is -0.126. The van der Waals surface area contributed by atoms with Gasteiger partial charge in [-0.25, -0.2) is 0 Å². The predicted octanol–water partition coefficient (Wildman–Crippen LogP) is 2.76. The van der Waals surface area contributed by atoms with Crippen molar-refractivity contribution in [3.8, 4) is 11.5 Å². The van der Waals surface area contributed by atoms with Crippen LogP contribution in [0.2, 0.25) is 0 Å². The molecule has 2 N–H and O–H groups in total. The fraction of sp³-hybridized carbons (Fsp3) is 0.571. The smallest absolute Gasteiger partial charge is 0.274 e. The number of hydrogen-bond donors (Lipinski definition) is 2. The molecule has 1 aliphatic heterocycles. The fourth-order valence-electron chi connectivity index (χ4n) is 3.39. The number of nitrogens with one attached hydrogen (secondary N) is 2. The van der Waals surface area contributed by atoms with Crippen molar-refractivity contribution < 1.29 is 18.7 Å². The second kappa shape index (κ2) is 9.73. The Bertz CT molecular complexity index is 818. The number of hydrogen-bond acceptors (Lipinski definition) is 5. The van der Waals surface area contributed by atoms with Crippen LogP contribution in [0.25, 0.3) is 11.5 Å². The van der Waals surface area contributed by atoms with Crippen molar-refractivity contribution in [3.05, 3.63) is 29.7 Å². The van der Waals surface area contributed by atoms with E-state index in [1.54, 1.807) is 11.0 Å². The summed E-state index contributed by atoms with van der Waals surface area (Å²) in [7, 11) is 0. The lowest BCUT2D eigenvalue weighted by Gasteiger charge is -2.30. The molecule has 158 valence electrons. The third kappa shape index (κ3) is 5.69. The molecule has 0 aromatic carbocycles. The minimum absolute atomic E-state index is 0.0501. The van der Waals surface area contributed by atoms with Gasteiger partial charge in [-0.1, -0.05) is 0 Å². The summed E-state index contributed by atoms with van der Waals surface area (Å²) in [5, 5.41) is 9.97. The van der Waals surface area contributed by atoms with E-state index in [-0.39, 0.29) is 23.8 Å². The number of aryl methyl sites for hydroxylation is 1. The number of likely N-dealkylation sites (tertiary alicyclic amines) is 1. The molecule has 3 rings (SSSR count). The minimum Gasteiger partial charge on any atom is -0.460 e. The molecule has 0 bridgehead atoms. The molecule has 2 amide bonds. The lowest BCUT2D eigenvalue weighted by Crippen LogP contribution is -2.43. The summed E-state index contributed by atoms with van der Waals surface area (Å²) >= 11 is 0. The number of H-pyrrole nitrogens is 1. The van der Waals surface area contributed by atoms with Crippen molar-refractivity contribution >= 4 is 11.8 Å². The molecule has 3 heterocycles. The van der Waals surface area contributed by atoms with Crippen LogP contribution in [0, 0.1) is 12.8 Å². The average Bonchev–Trinajstić information content (AvgIpc) is 3.36. The zero-order valence-corrected chi connectivity index (χ0v) is 17.4. The van der Waals surface area contributed by atoms with Crippen molar-refractivity contribution in [3.63, 3.8) is 0 Å². The van der Waals surface area contributed by atoms with E-state index in [0.29, 0.717) is 56.2 Å². The highest BCUT2D eigenvalue weighted by Crippen LogP contribution is 2.23. The van der Waals surface area contributed by atoms with E-state index in [2.05, 4.69) is 15.5 Å². The molecule has 0 atom stereocenters. The first-order valence-corrected chi connectivity index (χ1v) is 10.2. The van der Waals surface area contributed by atoms with Gasteiger partial charge in [-0.15, -0.1) is 0 Å². The number of carbonyl (C=O) groups excluding carboxylic acids is 2. The molecule has 2 aromatic rings. The standard InChI is InChI=1S/C21H30N4O4/c1-14(2)28-12-4-9-22-20(26)16-7-10-25(11-8-16)21(27)18-13-17(23-24-18)19-6-5-15(3)29-19/h5-6,13-14,16H,4,7-12H2,1-3H3,(H,22,26)(H,23,24). The Kier molecular flexibility index (Phi) is 7.09. The molecule has 1 aliphatic rings. The Morgan fingerprint density at radius 2 is 2.10 bits per heavy atom. The van der Waals surface area contributed by atoms with Crippen LogP contribution in [0.1, 0.15) is 49.4 Å². The largest absolute Gasteiger partial charge is 0.460 e. The van der Waals surface area contributed by atoms with Crippen LogP contribution in [-0.2, 0) is 9.53 Å². The van der Waals surface area contributed by atoms with Crippen molar-refractivity contribution in [1.29, 1.82) is 0 Å². The Hall–Kier alpha value is -2.61. The lowest BCUT2D eigenvalue weighted by atomic mass is 9.95. The van der Waals surface area contributed by atoms with Gasteiger partial charge in [0.2, 0.25) is 5.91 Å². The zero-order chi connectivity index (χ0) is 20.8. The van der Waals surface area contributed by atoms with Gasteiger partial charge in [-0.3, -0.25) is 14.7 Å². The summed E-state index contributed by atoms with van der Waals surface area (Å²) in [6.07, 6.45) is 2.34. The van der Waals surface area contributed by atoms with Crippen LogP contribution in [0.15, 0.2) is 22.6 Å². The molecular formula is C21H30N4O4. The maximum atomic E-state index is 12.7. The Labute approximate surface area is 171 Å². The number of furan rings is 1. The number of nitrogens with zero attached hydrogens (tertiary/aromatic N) is 2. The number of rotatable bonds is 8. The third-order valence-electron chi connectivity index (χ3n) is 5.03. The monoisotopic (exact) mass is 402 g/mol. The van der Waals surface area contributed by atoms with E-state index in [1.807, 2.05) is 32.9 Å². The molecule has 2 aromatic heterocycles. The molecule has 0 spiro atoms. The average molecular weight is 402 g/mol. The summed E-state index contributed by atoms with van der Waals surface area (Å²) in [4.78, 5) is 26.8. The first-order chi connectivity index (χ1) is 13.9. The van der Waals surface area contributed by atoms with Gasteiger partial charge >= 0.3 is 0 Å². The second-order valence-electron chi connectivity index (χ2n) is 7.71. The van der Waals surface area contributed by atoms with E-state index in [0.717, 1.165) is 12.2 Å². The van der Waals surface area contributed by atoms with E-state index in [1.165, 1.54) is 0 Å². The Morgan fingerprint density at radius 3 is 2.76 bits per heavy atom. The highest BCUT2D eigenvalue weighted by Gasteiger charge is 2.28. The minimum atomic E-state index is -0.125. The molecule has 1 fully saturated rings. The van der Waals surface area contributed by atoms with Gasteiger partial charge in [-0.2, -0.15) is 5.10 Å². The second-order valence-corrected chi connectivity index (χ2v) is 7.71. The summed E-state index contributed by atoms with van der Waals surface area (Å²) in [6, 6.07) is 5.42. The fourth-order valence-corrected chi connectivity index (χ4v) is 3.39. The molecule has 8 heteroatoms. The van der Waals surface area contributed by atoms with E-state index in [9.17, 15) is 9.59 Å². The van der Waals surface area contributed by atoms with Crippen molar-refractivity contribution in [2.75, 3.05) is 26.2 Å². The number of aromatic nitrogens is 2. The van der Waals surface area contributed by atoms with Gasteiger partial charge in [0.15, 0.2) is 11.5 Å². The van der Waals surface area contributed by atoms with Gasteiger partial charge in [0.05, 0.1) is 6.10 Å². The molecule has 29 heavy (non-hydrogen) atoms. The maximum Gasteiger partial charge on any atom is 0.274 e. The van der Waals surface area contributed by atoms with Crippen molar-refractivity contribution in [2.24, 2.45) is 5.92 Å². The molecule has 0 aliphatic carbocycles. The van der Waals surface area contributed by atoms with Crippen LogP contribution < -0.4 is 5.32 Å². The highest BCUT2D eigenvalue weighted by atomic mass is 16.5. The quantitative estimate of drug-likeness (QED) is 0.661. The summed E-state index contributed by atoms with van der Waals surface area (Å²) in [6.45, 7) is 8.22. The van der Waals surface area contributed by atoms with Crippen molar-refractivity contribution in [1.82, 2.24) is 20.4 Å².